The fourth-order valence-electron chi connectivity index (χ4n) is 6.60. The zero-order valence-corrected chi connectivity index (χ0v) is 25.8. The normalized spacial score (nSPS) is 19.2. The second-order valence-corrected chi connectivity index (χ2v) is 11.9. The fourth-order valence-corrected chi connectivity index (χ4v) is 6.60. The van der Waals surface area contributed by atoms with Crippen molar-refractivity contribution in [3.63, 3.8) is 0 Å². The molecule has 2 atom stereocenters. The average molecular weight is 606 g/mol. The standard InChI is InChI=1S/C34H40FN3O6/c1-5-44-34(42)38-15-12-24(16-21(38)2)31(39)32(40)28-20-36(3)29-19-30(43-4)27(18-26(28)29)33(41)37-13-10-23(11-14-37)17-22-6-8-25(35)9-7-22/h6-9,18-21,23-24H,5,10-17H2,1-4H3/t21-,24?/m1/s1. The number of aryl methyl sites for hydroxylation is 1. The van der Waals surface area contributed by atoms with Crippen molar-refractivity contribution in [3.8, 4) is 5.75 Å². The minimum Gasteiger partial charge on any atom is -0.496 e. The van der Waals surface area contributed by atoms with Crippen molar-refractivity contribution >= 4 is 34.5 Å². The Morgan fingerprint density at radius 2 is 1.68 bits per heavy atom. The van der Waals surface area contributed by atoms with E-state index in [2.05, 4.69) is 0 Å². The first kappa shape index (κ1) is 31.2. The smallest absolute Gasteiger partial charge is 0.409 e. The Kier molecular flexibility index (Phi) is 9.36. The molecular weight excluding hydrogens is 565 g/mol. The summed E-state index contributed by atoms with van der Waals surface area (Å²) in [5.74, 6) is -1.22. The van der Waals surface area contributed by atoms with Crippen molar-refractivity contribution in [1.29, 1.82) is 0 Å². The number of benzene rings is 2. The zero-order chi connectivity index (χ0) is 31.5. The molecule has 5 rings (SSSR count). The summed E-state index contributed by atoms with van der Waals surface area (Å²) in [7, 11) is 3.30. The Balaban J connectivity index is 1.32. The number of methoxy groups -OCH3 is 1. The molecule has 2 saturated heterocycles. The van der Waals surface area contributed by atoms with Gasteiger partial charge in [-0.15, -0.1) is 0 Å². The van der Waals surface area contributed by atoms with Crippen molar-refractivity contribution in [2.24, 2.45) is 18.9 Å². The highest BCUT2D eigenvalue weighted by molar-refractivity contribution is 6.46. The van der Waals surface area contributed by atoms with Gasteiger partial charge in [-0.2, -0.15) is 0 Å². The number of rotatable bonds is 8. The summed E-state index contributed by atoms with van der Waals surface area (Å²) in [5.41, 5.74) is 2.36. The van der Waals surface area contributed by atoms with Crippen LogP contribution in [-0.2, 0) is 23.0 Å². The molecule has 44 heavy (non-hydrogen) atoms. The maximum Gasteiger partial charge on any atom is 0.409 e. The van der Waals surface area contributed by atoms with Gasteiger partial charge < -0.3 is 23.8 Å². The van der Waals surface area contributed by atoms with Crippen LogP contribution in [0.4, 0.5) is 9.18 Å². The molecule has 2 amide bonds. The van der Waals surface area contributed by atoms with Crippen LogP contribution in [0, 0.1) is 17.7 Å². The van der Waals surface area contributed by atoms with Crippen LogP contribution < -0.4 is 4.74 Å². The van der Waals surface area contributed by atoms with Crippen LogP contribution in [0.25, 0.3) is 10.9 Å². The highest BCUT2D eigenvalue weighted by atomic mass is 19.1. The Labute approximate surface area is 256 Å². The molecule has 2 fully saturated rings. The summed E-state index contributed by atoms with van der Waals surface area (Å²) in [4.78, 5) is 56.5. The Hall–Kier alpha value is -4.21. The number of carbonyl (C=O) groups excluding carboxylic acids is 4. The first-order valence-electron chi connectivity index (χ1n) is 15.3. The highest BCUT2D eigenvalue weighted by Gasteiger charge is 2.37. The van der Waals surface area contributed by atoms with Gasteiger partial charge in [0.2, 0.25) is 11.6 Å². The molecule has 0 radical (unpaired) electrons. The molecule has 0 N–H and O–H groups in total. The number of ketones is 2. The third-order valence-electron chi connectivity index (χ3n) is 9.10. The maximum atomic E-state index is 13.8. The van der Waals surface area contributed by atoms with E-state index in [0.717, 1.165) is 24.8 Å². The largest absolute Gasteiger partial charge is 0.496 e. The number of aromatic nitrogens is 1. The molecule has 2 aliphatic heterocycles. The molecule has 234 valence electrons. The van der Waals surface area contributed by atoms with Gasteiger partial charge in [0.05, 0.1) is 30.4 Å². The lowest BCUT2D eigenvalue weighted by Crippen LogP contribution is -2.47. The summed E-state index contributed by atoms with van der Waals surface area (Å²) in [6.45, 7) is 5.37. The number of halogens is 1. The zero-order valence-electron chi connectivity index (χ0n) is 25.8. The summed E-state index contributed by atoms with van der Waals surface area (Å²) in [6, 6.07) is 9.75. The number of hydrogen-bond donors (Lipinski definition) is 0. The second-order valence-electron chi connectivity index (χ2n) is 11.9. The third kappa shape index (κ3) is 6.34. The fraction of sp³-hybridized carbons (Fsp3) is 0.471. The van der Waals surface area contributed by atoms with Gasteiger partial charge in [-0.05, 0) is 75.6 Å². The first-order chi connectivity index (χ1) is 21.1. The van der Waals surface area contributed by atoms with E-state index in [1.165, 1.54) is 19.2 Å². The van der Waals surface area contributed by atoms with E-state index < -0.39 is 23.6 Å². The summed E-state index contributed by atoms with van der Waals surface area (Å²) >= 11 is 0. The van der Waals surface area contributed by atoms with Gasteiger partial charge in [-0.25, -0.2) is 9.18 Å². The summed E-state index contributed by atoms with van der Waals surface area (Å²) in [5, 5.41) is 0.526. The Bertz CT molecular complexity index is 1560. The van der Waals surface area contributed by atoms with Crippen LogP contribution in [0.15, 0.2) is 42.6 Å². The number of fused-ring (bicyclic) bond motifs is 1. The van der Waals surface area contributed by atoms with Crippen LogP contribution in [0.2, 0.25) is 0 Å². The third-order valence-corrected chi connectivity index (χ3v) is 9.10. The van der Waals surface area contributed by atoms with Crippen molar-refractivity contribution in [2.75, 3.05) is 33.4 Å². The minimum absolute atomic E-state index is 0.183. The second kappa shape index (κ2) is 13.2. The Morgan fingerprint density at radius 3 is 2.32 bits per heavy atom. The quantitative estimate of drug-likeness (QED) is 0.251. The van der Waals surface area contributed by atoms with E-state index in [0.29, 0.717) is 60.6 Å². The van der Waals surface area contributed by atoms with E-state index in [9.17, 15) is 23.6 Å². The van der Waals surface area contributed by atoms with Crippen molar-refractivity contribution < 1.29 is 33.0 Å². The lowest BCUT2D eigenvalue weighted by atomic mass is 9.85. The topological polar surface area (TPSA) is 98.1 Å². The minimum atomic E-state index is -0.595. The van der Waals surface area contributed by atoms with Gasteiger partial charge in [0.15, 0.2) is 0 Å². The molecule has 10 heteroatoms. The molecule has 0 spiro atoms. The van der Waals surface area contributed by atoms with Crippen LogP contribution in [0.5, 0.6) is 5.75 Å². The predicted octanol–water partition coefficient (Wildman–Crippen LogP) is 5.43. The van der Waals surface area contributed by atoms with Gasteiger partial charge in [0.1, 0.15) is 11.6 Å². The molecule has 1 aromatic heterocycles. The number of Topliss-reactive ketones (excluding diaryl/α,β-unsaturated/α-hetero) is 2. The maximum absolute atomic E-state index is 13.8. The molecule has 3 heterocycles. The highest BCUT2D eigenvalue weighted by Crippen LogP contribution is 2.33. The van der Waals surface area contributed by atoms with Crippen LogP contribution >= 0.6 is 0 Å². The number of ether oxygens (including phenoxy) is 2. The molecule has 1 unspecified atom stereocenters. The number of hydrogen-bond acceptors (Lipinski definition) is 6. The monoisotopic (exact) mass is 605 g/mol. The summed E-state index contributed by atoms with van der Waals surface area (Å²) in [6.07, 6.45) is 4.47. The van der Waals surface area contributed by atoms with E-state index >= 15 is 0 Å². The molecule has 3 aromatic rings. The van der Waals surface area contributed by atoms with E-state index in [4.69, 9.17) is 9.47 Å². The van der Waals surface area contributed by atoms with Crippen molar-refractivity contribution in [3.05, 3.63) is 65.1 Å². The van der Waals surface area contributed by atoms with Crippen LogP contribution in [0.1, 0.15) is 65.8 Å². The van der Waals surface area contributed by atoms with Gasteiger partial charge in [0, 0.05) is 56.3 Å². The SMILES string of the molecule is CCOC(=O)N1CCC(C(=O)C(=O)c2cn(C)c3cc(OC)c(C(=O)N4CCC(Cc5ccc(F)cc5)CC4)cc23)C[C@H]1C. The number of carbonyl (C=O) groups is 4. The molecule has 2 aliphatic rings. The lowest BCUT2D eigenvalue weighted by Gasteiger charge is -2.36. The van der Waals surface area contributed by atoms with Gasteiger partial charge in [0.25, 0.3) is 5.91 Å². The van der Waals surface area contributed by atoms with Crippen LogP contribution in [0.3, 0.4) is 0 Å². The lowest BCUT2D eigenvalue weighted by molar-refractivity contribution is -0.120. The first-order valence-corrected chi connectivity index (χ1v) is 15.3. The van der Waals surface area contributed by atoms with Gasteiger partial charge >= 0.3 is 6.09 Å². The summed E-state index contributed by atoms with van der Waals surface area (Å²) < 4.78 is 25.8. The predicted molar refractivity (Wildman–Crippen MR) is 163 cm³/mol. The number of likely N-dealkylation sites (tertiary alicyclic amines) is 2. The Morgan fingerprint density at radius 1 is 0.977 bits per heavy atom. The van der Waals surface area contributed by atoms with E-state index in [-0.39, 0.29) is 29.9 Å². The van der Waals surface area contributed by atoms with E-state index in [1.807, 2.05) is 19.1 Å². The molecule has 9 nitrogen and oxygen atoms in total. The number of piperidine rings is 2. The molecule has 0 saturated carbocycles. The van der Waals surface area contributed by atoms with Crippen LogP contribution in [-0.4, -0.2) is 77.3 Å². The van der Waals surface area contributed by atoms with Gasteiger partial charge in [-0.1, -0.05) is 12.1 Å². The number of amides is 2. The number of nitrogens with zero attached hydrogens (tertiary/aromatic N) is 3. The molecule has 0 bridgehead atoms. The van der Waals surface area contributed by atoms with Crippen molar-refractivity contribution in [2.45, 2.75) is 52.0 Å². The molecule has 2 aromatic carbocycles. The molecular formula is C34H40FN3O6. The molecule has 0 aliphatic carbocycles. The van der Waals surface area contributed by atoms with Crippen molar-refractivity contribution in [1.82, 2.24) is 14.4 Å². The average Bonchev–Trinajstić information content (AvgIpc) is 3.35. The van der Waals surface area contributed by atoms with E-state index in [1.54, 1.807) is 46.7 Å². The van der Waals surface area contributed by atoms with Gasteiger partial charge in [-0.3, -0.25) is 14.4 Å².